The third-order valence-corrected chi connectivity index (χ3v) is 5.02. The van der Waals surface area contributed by atoms with Crippen LogP contribution < -0.4 is 14.8 Å². The highest BCUT2D eigenvalue weighted by Gasteiger charge is 2.19. The molecule has 1 aromatic carbocycles. The number of methoxy groups -OCH3 is 2. The van der Waals surface area contributed by atoms with Crippen molar-refractivity contribution in [3.05, 3.63) is 83.3 Å². The zero-order chi connectivity index (χ0) is 24.1. The second kappa shape index (κ2) is 10.2. The number of pyridine rings is 2. The van der Waals surface area contributed by atoms with Gasteiger partial charge in [-0.05, 0) is 30.3 Å². The molecule has 10 heteroatoms. The monoisotopic (exact) mass is 479 g/mol. The van der Waals surface area contributed by atoms with Gasteiger partial charge in [-0.3, -0.25) is 14.8 Å². The maximum absolute atomic E-state index is 13.9. The van der Waals surface area contributed by atoms with Gasteiger partial charge in [-0.2, -0.15) is 0 Å². The molecule has 0 aliphatic heterocycles. The second-order valence-electron chi connectivity index (χ2n) is 7.05. The minimum atomic E-state index is -0.514. The molecule has 0 fully saturated rings. The van der Waals surface area contributed by atoms with Crippen LogP contribution in [0.15, 0.2) is 61.1 Å². The first-order valence-corrected chi connectivity index (χ1v) is 10.5. The molecule has 4 aromatic rings. The predicted octanol–water partition coefficient (Wildman–Crippen LogP) is 4.34. The van der Waals surface area contributed by atoms with Crippen LogP contribution in [0.1, 0.15) is 16.2 Å². The molecule has 0 atom stereocenters. The Hall–Kier alpha value is -4.11. The third-order valence-electron chi connectivity index (χ3n) is 4.81. The van der Waals surface area contributed by atoms with Gasteiger partial charge >= 0.3 is 0 Å². The summed E-state index contributed by atoms with van der Waals surface area (Å²) in [6.07, 6.45) is 4.54. The van der Waals surface area contributed by atoms with Gasteiger partial charge in [0, 0.05) is 23.5 Å². The van der Waals surface area contributed by atoms with Gasteiger partial charge in [0.05, 0.1) is 43.4 Å². The standard InChI is InChI=1S/C24H19ClFN5O3/c1-33-20-7-6-18(30-24(20)34-2)12-29-23(32)22-21(14-4-3-5-17(26)9-14)28-13-19(31-22)15-8-16(25)11-27-10-15/h3-11,13H,12H2,1-2H3,(H,29,32). The number of hydrogen-bond acceptors (Lipinski definition) is 7. The van der Waals surface area contributed by atoms with E-state index in [1.807, 2.05) is 0 Å². The van der Waals surface area contributed by atoms with Crippen LogP contribution in [0.3, 0.4) is 0 Å². The van der Waals surface area contributed by atoms with Crippen molar-refractivity contribution >= 4 is 17.5 Å². The number of aromatic nitrogens is 4. The summed E-state index contributed by atoms with van der Waals surface area (Å²) in [5, 5.41) is 3.20. The summed E-state index contributed by atoms with van der Waals surface area (Å²) >= 11 is 6.05. The number of rotatable bonds is 7. The molecule has 1 amide bonds. The van der Waals surface area contributed by atoms with Crippen molar-refractivity contribution < 1.29 is 18.7 Å². The van der Waals surface area contributed by atoms with Gasteiger partial charge in [0.15, 0.2) is 11.4 Å². The van der Waals surface area contributed by atoms with Crippen molar-refractivity contribution in [1.82, 2.24) is 25.3 Å². The Morgan fingerprint density at radius 1 is 1.03 bits per heavy atom. The van der Waals surface area contributed by atoms with E-state index in [0.29, 0.717) is 39.2 Å². The normalized spacial score (nSPS) is 10.6. The van der Waals surface area contributed by atoms with Crippen molar-refractivity contribution in [3.8, 4) is 34.1 Å². The van der Waals surface area contributed by atoms with Crippen molar-refractivity contribution in [2.24, 2.45) is 0 Å². The molecule has 0 unspecified atom stereocenters. The molecular formula is C24H19ClFN5O3. The van der Waals surface area contributed by atoms with Crippen LogP contribution in [0.25, 0.3) is 22.5 Å². The molecular weight excluding hydrogens is 461 g/mol. The zero-order valence-corrected chi connectivity index (χ0v) is 19.0. The summed E-state index contributed by atoms with van der Waals surface area (Å²) < 4.78 is 24.3. The maximum atomic E-state index is 13.9. The Morgan fingerprint density at radius 2 is 1.88 bits per heavy atom. The first kappa shape index (κ1) is 23.1. The van der Waals surface area contributed by atoms with Crippen LogP contribution in [0.5, 0.6) is 11.6 Å². The molecule has 3 aromatic heterocycles. The largest absolute Gasteiger partial charge is 0.491 e. The number of benzene rings is 1. The Labute approximate surface area is 199 Å². The summed E-state index contributed by atoms with van der Waals surface area (Å²) in [4.78, 5) is 30.5. The molecule has 172 valence electrons. The number of nitrogens with zero attached hydrogens (tertiary/aromatic N) is 4. The highest BCUT2D eigenvalue weighted by Crippen LogP contribution is 2.26. The molecule has 3 heterocycles. The highest BCUT2D eigenvalue weighted by molar-refractivity contribution is 6.30. The number of halogens is 2. The van der Waals surface area contributed by atoms with Crippen LogP contribution in [-0.2, 0) is 6.54 Å². The van der Waals surface area contributed by atoms with Crippen LogP contribution in [0, 0.1) is 5.82 Å². The lowest BCUT2D eigenvalue weighted by Gasteiger charge is -2.12. The SMILES string of the molecule is COc1ccc(CNC(=O)c2nc(-c3cncc(Cl)c3)cnc2-c2cccc(F)c2)nc1OC. The number of carbonyl (C=O) groups excluding carboxylic acids is 1. The highest BCUT2D eigenvalue weighted by atomic mass is 35.5. The van der Waals surface area contributed by atoms with Gasteiger partial charge in [-0.1, -0.05) is 23.7 Å². The minimum absolute atomic E-state index is 0.0172. The van der Waals surface area contributed by atoms with E-state index in [0.717, 1.165) is 0 Å². The van der Waals surface area contributed by atoms with E-state index in [1.54, 1.807) is 30.5 Å². The third kappa shape index (κ3) is 5.10. The number of hydrogen-bond donors (Lipinski definition) is 1. The molecule has 0 saturated heterocycles. The topological polar surface area (TPSA) is 99.1 Å². The molecule has 0 spiro atoms. The Balaban J connectivity index is 1.68. The smallest absolute Gasteiger partial charge is 0.272 e. The van der Waals surface area contributed by atoms with Gasteiger partial charge in [0.25, 0.3) is 11.8 Å². The van der Waals surface area contributed by atoms with Gasteiger partial charge in [-0.25, -0.2) is 14.4 Å². The van der Waals surface area contributed by atoms with E-state index < -0.39 is 11.7 Å². The summed E-state index contributed by atoms with van der Waals surface area (Å²) in [5.41, 5.74) is 2.18. The fourth-order valence-electron chi connectivity index (χ4n) is 3.21. The average Bonchev–Trinajstić information content (AvgIpc) is 2.86. The first-order chi connectivity index (χ1) is 16.5. The molecule has 0 aliphatic rings. The number of amides is 1. The number of nitrogens with one attached hydrogen (secondary N) is 1. The summed E-state index contributed by atoms with van der Waals surface area (Å²) in [6, 6.07) is 10.8. The lowest BCUT2D eigenvalue weighted by Crippen LogP contribution is -2.25. The molecule has 0 bridgehead atoms. The Bertz CT molecular complexity index is 1350. The molecule has 4 rings (SSSR count). The van der Waals surface area contributed by atoms with Crippen molar-refractivity contribution in [3.63, 3.8) is 0 Å². The molecule has 0 aliphatic carbocycles. The van der Waals surface area contributed by atoms with Crippen LogP contribution >= 0.6 is 11.6 Å². The second-order valence-corrected chi connectivity index (χ2v) is 7.49. The van der Waals surface area contributed by atoms with Crippen molar-refractivity contribution in [2.75, 3.05) is 14.2 Å². The summed E-state index contributed by atoms with van der Waals surface area (Å²) in [7, 11) is 2.99. The number of carbonyl (C=O) groups is 1. The summed E-state index contributed by atoms with van der Waals surface area (Å²) in [5.74, 6) is -0.201. The van der Waals surface area contributed by atoms with Crippen LogP contribution in [0.2, 0.25) is 5.02 Å². The van der Waals surface area contributed by atoms with E-state index in [-0.39, 0.29) is 17.9 Å². The van der Waals surface area contributed by atoms with Gasteiger partial charge in [0.1, 0.15) is 11.5 Å². The van der Waals surface area contributed by atoms with Crippen molar-refractivity contribution in [2.45, 2.75) is 6.54 Å². The predicted molar refractivity (Wildman–Crippen MR) is 124 cm³/mol. The molecule has 0 saturated carbocycles. The van der Waals surface area contributed by atoms with Crippen molar-refractivity contribution in [1.29, 1.82) is 0 Å². The van der Waals surface area contributed by atoms with Gasteiger partial charge < -0.3 is 14.8 Å². The fraction of sp³-hybridized carbons (Fsp3) is 0.125. The first-order valence-electron chi connectivity index (χ1n) is 10.1. The van der Waals surface area contributed by atoms with E-state index in [4.69, 9.17) is 21.1 Å². The van der Waals surface area contributed by atoms with E-state index >= 15 is 0 Å². The van der Waals surface area contributed by atoms with E-state index in [1.165, 1.54) is 44.8 Å². The van der Waals surface area contributed by atoms with Gasteiger partial charge in [0.2, 0.25) is 0 Å². The van der Waals surface area contributed by atoms with E-state index in [9.17, 15) is 9.18 Å². The average molecular weight is 480 g/mol. The van der Waals surface area contributed by atoms with Crippen LogP contribution in [-0.4, -0.2) is 40.1 Å². The molecule has 8 nitrogen and oxygen atoms in total. The summed E-state index contributed by atoms with van der Waals surface area (Å²) in [6.45, 7) is 0.0897. The van der Waals surface area contributed by atoms with Crippen LogP contribution in [0.4, 0.5) is 4.39 Å². The maximum Gasteiger partial charge on any atom is 0.272 e. The number of ether oxygens (including phenoxy) is 2. The molecule has 1 N–H and O–H groups in total. The van der Waals surface area contributed by atoms with E-state index in [2.05, 4.69) is 25.3 Å². The zero-order valence-electron chi connectivity index (χ0n) is 18.3. The Kier molecular flexibility index (Phi) is 6.93. The molecule has 34 heavy (non-hydrogen) atoms. The lowest BCUT2D eigenvalue weighted by atomic mass is 10.1. The molecule has 0 radical (unpaired) electrons. The van der Waals surface area contributed by atoms with Gasteiger partial charge in [-0.15, -0.1) is 0 Å². The Morgan fingerprint density at radius 3 is 2.62 bits per heavy atom. The lowest BCUT2D eigenvalue weighted by molar-refractivity contribution is 0.0945. The fourth-order valence-corrected chi connectivity index (χ4v) is 3.38. The quantitative estimate of drug-likeness (QED) is 0.421. The minimum Gasteiger partial charge on any atom is -0.491 e.